The third kappa shape index (κ3) is 7.63. The smallest absolute Gasteiger partial charge is 0.326 e. The normalized spacial score (nSPS) is 18.3. The van der Waals surface area contributed by atoms with Crippen LogP contribution in [0.15, 0.2) is 24.3 Å². The number of carboxylic acid groups (broad SMARTS) is 1. The minimum atomic E-state index is -1.22. The molecule has 6 N–H and O–H groups in total. The van der Waals surface area contributed by atoms with E-state index in [1.807, 2.05) is 13.8 Å². The molecule has 1 saturated heterocycles. The van der Waals surface area contributed by atoms with Gasteiger partial charge in [0.2, 0.25) is 17.7 Å². The number of likely N-dealkylation sites (tertiary alicyclic amines) is 1. The quantitative estimate of drug-likeness (QED) is 0.241. The molecule has 188 valence electrons. The van der Waals surface area contributed by atoms with Gasteiger partial charge in [0.1, 0.15) is 23.9 Å². The molecule has 0 bridgehead atoms. The average Bonchev–Trinajstić information content (AvgIpc) is 3.28. The maximum absolute atomic E-state index is 13.0. The molecule has 0 aliphatic carbocycles. The van der Waals surface area contributed by atoms with Gasteiger partial charge in [0.15, 0.2) is 0 Å². The van der Waals surface area contributed by atoms with Crippen LogP contribution in [0.25, 0.3) is 0 Å². The SMILES string of the molecule is CC(C)CC(NC(=O)C1CCCN1C(=O)C(N)CS)C(=O)NC(Cc1ccc(O)cc1)C(=O)O. The van der Waals surface area contributed by atoms with Gasteiger partial charge in [0, 0.05) is 18.7 Å². The van der Waals surface area contributed by atoms with Crippen molar-refractivity contribution in [3.63, 3.8) is 0 Å². The Morgan fingerprint density at radius 2 is 1.79 bits per heavy atom. The first-order chi connectivity index (χ1) is 16.0. The minimum Gasteiger partial charge on any atom is -0.508 e. The summed E-state index contributed by atoms with van der Waals surface area (Å²) in [5.41, 5.74) is 6.42. The fourth-order valence-electron chi connectivity index (χ4n) is 3.91. The van der Waals surface area contributed by atoms with Gasteiger partial charge in [-0.3, -0.25) is 14.4 Å². The Bertz CT molecular complexity index is 879. The zero-order valence-corrected chi connectivity index (χ0v) is 20.3. The Morgan fingerprint density at radius 1 is 1.15 bits per heavy atom. The van der Waals surface area contributed by atoms with Crippen molar-refractivity contribution >= 4 is 36.3 Å². The molecule has 4 atom stereocenters. The second-order valence-corrected chi connectivity index (χ2v) is 9.30. The zero-order valence-electron chi connectivity index (χ0n) is 19.4. The number of nitrogens with two attached hydrogens (primary N) is 1. The van der Waals surface area contributed by atoms with E-state index in [-0.39, 0.29) is 29.7 Å². The molecule has 1 aliphatic rings. The molecule has 11 heteroatoms. The van der Waals surface area contributed by atoms with Crippen LogP contribution in [0.1, 0.15) is 38.7 Å². The van der Waals surface area contributed by atoms with Crippen LogP contribution >= 0.6 is 12.6 Å². The highest BCUT2D eigenvalue weighted by atomic mass is 32.1. The molecular weight excluding hydrogens is 460 g/mol. The fourth-order valence-corrected chi connectivity index (χ4v) is 4.06. The number of carbonyl (C=O) groups is 4. The van der Waals surface area contributed by atoms with E-state index in [0.29, 0.717) is 31.4 Å². The van der Waals surface area contributed by atoms with Crippen molar-refractivity contribution in [2.24, 2.45) is 11.7 Å². The van der Waals surface area contributed by atoms with Crippen LogP contribution in [-0.4, -0.2) is 75.3 Å². The monoisotopic (exact) mass is 494 g/mol. The molecule has 0 saturated carbocycles. The standard InChI is InChI=1S/C23H34N4O6S/c1-13(2)10-17(25-21(30)19-4-3-9-27(19)22(31)16(24)12-34)20(29)26-18(23(32)33)11-14-5-7-15(28)8-6-14/h5-8,13,16-19,28,34H,3-4,9-12,24H2,1-2H3,(H,25,30)(H,26,29)(H,32,33). The minimum absolute atomic E-state index is 0.0101. The molecule has 1 fully saturated rings. The molecule has 34 heavy (non-hydrogen) atoms. The highest BCUT2D eigenvalue weighted by Crippen LogP contribution is 2.19. The van der Waals surface area contributed by atoms with Gasteiger partial charge in [0.05, 0.1) is 6.04 Å². The van der Waals surface area contributed by atoms with Gasteiger partial charge in [-0.2, -0.15) is 12.6 Å². The molecule has 1 aromatic carbocycles. The highest BCUT2D eigenvalue weighted by Gasteiger charge is 2.37. The molecule has 1 aromatic rings. The Kier molecular flexibility index (Phi) is 10.2. The lowest BCUT2D eigenvalue weighted by Crippen LogP contribution is -2.57. The number of carboxylic acids is 1. The van der Waals surface area contributed by atoms with Gasteiger partial charge in [-0.05, 0) is 42.9 Å². The number of nitrogens with one attached hydrogen (secondary N) is 2. The Morgan fingerprint density at radius 3 is 2.35 bits per heavy atom. The number of hydrogen-bond donors (Lipinski definition) is 6. The van der Waals surface area contributed by atoms with E-state index in [2.05, 4.69) is 23.3 Å². The van der Waals surface area contributed by atoms with Crippen LogP contribution < -0.4 is 16.4 Å². The summed E-state index contributed by atoms with van der Waals surface area (Å²) >= 11 is 4.05. The van der Waals surface area contributed by atoms with E-state index in [1.165, 1.54) is 17.0 Å². The third-order valence-electron chi connectivity index (χ3n) is 5.68. The Hall–Kier alpha value is -2.79. The topological polar surface area (TPSA) is 162 Å². The molecular formula is C23H34N4O6S. The van der Waals surface area contributed by atoms with Crippen molar-refractivity contribution in [1.82, 2.24) is 15.5 Å². The number of aliphatic carboxylic acids is 1. The lowest BCUT2D eigenvalue weighted by molar-refractivity contribution is -0.143. The predicted molar refractivity (Wildman–Crippen MR) is 129 cm³/mol. The van der Waals surface area contributed by atoms with E-state index in [0.717, 1.165) is 0 Å². The van der Waals surface area contributed by atoms with E-state index < -0.39 is 42.0 Å². The van der Waals surface area contributed by atoms with E-state index in [9.17, 15) is 29.4 Å². The predicted octanol–water partition coefficient (Wildman–Crippen LogP) is 0.283. The largest absolute Gasteiger partial charge is 0.508 e. The third-order valence-corrected chi connectivity index (χ3v) is 6.08. The second-order valence-electron chi connectivity index (χ2n) is 8.94. The van der Waals surface area contributed by atoms with Gasteiger partial charge < -0.3 is 31.5 Å². The molecule has 10 nitrogen and oxygen atoms in total. The molecule has 2 rings (SSSR count). The first-order valence-electron chi connectivity index (χ1n) is 11.3. The first kappa shape index (κ1) is 27.5. The second kappa shape index (κ2) is 12.6. The van der Waals surface area contributed by atoms with Crippen molar-refractivity contribution in [1.29, 1.82) is 0 Å². The van der Waals surface area contributed by atoms with Crippen LogP contribution in [0, 0.1) is 5.92 Å². The van der Waals surface area contributed by atoms with Crippen molar-refractivity contribution < 1.29 is 29.4 Å². The van der Waals surface area contributed by atoms with Gasteiger partial charge in [0.25, 0.3) is 0 Å². The number of hydrogen-bond acceptors (Lipinski definition) is 7. The summed E-state index contributed by atoms with van der Waals surface area (Å²) in [6, 6.07) is 2.28. The maximum Gasteiger partial charge on any atom is 0.326 e. The molecule has 0 spiro atoms. The highest BCUT2D eigenvalue weighted by molar-refractivity contribution is 7.80. The summed E-state index contributed by atoms with van der Waals surface area (Å²) in [4.78, 5) is 51.8. The summed E-state index contributed by atoms with van der Waals surface area (Å²) in [5.74, 6) is -2.43. The van der Waals surface area contributed by atoms with Gasteiger partial charge in [-0.15, -0.1) is 0 Å². The molecule has 1 aliphatic heterocycles. The Labute approximate surface area is 204 Å². The van der Waals surface area contributed by atoms with Crippen LogP contribution in [0.2, 0.25) is 0 Å². The van der Waals surface area contributed by atoms with Crippen molar-refractivity contribution in [3.05, 3.63) is 29.8 Å². The molecule has 3 amide bonds. The molecule has 4 unspecified atom stereocenters. The number of rotatable bonds is 11. The maximum atomic E-state index is 13.0. The summed E-state index contributed by atoms with van der Waals surface area (Å²) in [6.45, 7) is 4.16. The average molecular weight is 495 g/mol. The molecule has 1 heterocycles. The molecule has 0 radical (unpaired) electrons. The number of carbonyl (C=O) groups excluding carboxylic acids is 3. The number of aromatic hydroxyl groups is 1. The van der Waals surface area contributed by atoms with Crippen molar-refractivity contribution in [3.8, 4) is 5.75 Å². The summed E-state index contributed by atoms with van der Waals surface area (Å²) in [7, 11) is 0. The van der Waals surface area contributed by atoms with Crippen LogP contribution in [-0.2, 0) is 25.6 Å². The number of benzene rings is 1. The number of thiol groups is 1. The zero-order chi connectivity index (χ0) is 25.4. The van der Waals surface area contributed by atoms with Crippen LogP contribution in [0.4, 0.5) is 0 Å². The molecule has 0 aromatic heterocycles. The van der Waals surface area contributed by atoms with Gasteiger partial charge in [-0.1, -0.05) is 26.0 Å². The number of phenolic OH excluding ortho intramolecular Hbond substituents is 1. The van der Waals surface area contributed by atoms with E-state index in [1.54, 1.807) is 12.1 Å². The van der Waals surface area contributed by atoms with Gasteiger partial charge >= 0.3 is 5.97 Å². The van der Waals surface area contributed by atoms with Crippen LogP contribution in [0.5, 0.6) is 5.75 Å². The summed E-state index contributed by atoms with van der Waals surface area (Å²) in [6.07, 6.45) is 1.39. The first-order valence-corrected chi connectivity index (χ1v) is 11.9. The summed E-state index contributed by atoms with van der Waals surface area (Å²) in [5, 5.41) is 24.3. The lowest BCUT2D eigenvalue weighted by atomic mass is 10.0. The number of nitrogens with zero attached hydrogens (tertiary/aromatic N) is 1. The Balaban J connectivity index is 2.11. The van der Waals surface area contributed by atoms with Crippen molar-refractivity contribution in [2.45, 2.75) is 63.7 Å². The fraction of sp³-hybridized carbons (Fsp3) is 0.565. The lowest BCUT2D eigenvalue weighted by Gasteiger charge is -2.29. The van der Waals surface area contributed by atoms with E-state index >= 15 is 0 Å². The van der Waals surface area contributed by atoms with Crippen molar-refractivity contribution in [2.75, 3.05) is 12.3 Å². The number of phenols is 1. The van der Waals surface area contributed by atoms with E-state index in [4.69, 9.17) is 5.73 Å². The van der Waals surface area contributed by atoms with Gasteiger partial charge in [-0.25, -0.2) is 4.79 Å². The van der Waals surface area contributed by atoms with Crippen LogP contribution in [0.3, 0.4) is 0 Å². The number of amides is 3. The summed E-state index contributed by atoms with van der Waals surface area (Å²) < 4.78 is 0.